The van der Waals surface area contributed by atoms with Gasteiger partial charge in [-0.05, 0) is 31.4 Å². The molecule has 0 aliphatic carbocycles. The molecule has 5 heteroatoms. The summed E-state index contributed by atoms with van der Waals surface area (Å²) in [5, 5.41) is 7.83. The second-order valence-electron chi connectivity index (χ2n) is 4.56. The molecule has 2 heterocycles. The van der Waals surface area contributed by atoms with Gasteiger partial charge in [0.15, 0.2) is 0 Å². The number of nitrogens with one attached hydrogen (secondary N) is 2. The Balaban J connectivity index is 1.59. The summed E-state index contributed by atoms with van der Waals surface area (Å²) in [7, 11) is 0. The minimum Gasteiger partial charge on any atom is -0.380 e. The van der Waals surface area contributed by atoms with Gasteiger partial charge in [0.05, 0.1) is 0 Å². The number of nitrogens with zero attached hydrogens (tertiary/aromatic N) is 2. The minimum absolute atomic E-state index is 0.462. The molecule has 0 amide bonds. The van der Waals surface area contributed by atoms with Crippen LogP contribution < -0.4 is 10.6 Å². The largest absolute Gasteiger partial charge is 0.380 e. The fourth-order valence-electron chi connectivity index (χ4n) is 2.23. The molecule has 3 rings (SSSR count). The lowest BCUT2D eigenvalue weighted by molar-refractivity contribution is 0.654. The highest BCUT2D eigenvalue weighted by molar-refractivity contribution is 7.09. The molecule has 0 fully saturated rings. The number of rotatable bonds is 3. The zero-order chi connectivity index (χ0) is 12.4. The van der Waals surface area contributed by atoms with E-state index in [9.17, 15) is 0 Å². The molecule has 94 valence electrons. The maximum absolute atomic E-state index is 4.31. The summed E-state index contributed by atoms with van der Waals surface area (Å²) < 4.78 is 4.16. The van der Waals surface area contributed by atoms with Crippen molar-refractivity contribution in [3.8, 4) is 0 Å². The van der Waals surface area contributed by atoms with E-state index in [-0.39, 0.29) is 0 Å². The Morgan fingerprint density at radius 2 is 2.33 bits per heavy atom. The highest BCUT2D eigenvalue weighted by Crippen LogP contribution is 2.24. The van der Waals surface area contributed by atoms with Crippen LogP contribution in [0.4, 0.5) is 10.8 Å². The molecule has 1 aliphatic rings. The molecule has 0 radical (unpaired) electrons. The summed E-state index contributed by atoms with van der Waals surface area (Å²) in [4.78, 5) is 4.31. The average molecular weight is 260 g/mol. The lowest BCUT2D eigenvalue weighted by Gasteiger charge is -2.27. The molecule has 2 N–H and O–H groups in total. The van der Waals surface area contributed by atoms with Crippen LogP contribution in [0, 0.1) is 6.92 Å². The maximum atomic E-state index is 4.31. The number of anilines is 2. The number of aromatic nitrogens is 2. The summed E-state index contributed by atoms with van der Waals surface area (Å²) in [6.45, 7) is 2.81. The van der Waals surface area contributed by atoms with Gasteiger partial charge in [-0.2, -0.15) is 4.37 Å². The highest BCUT2D eigenvalue weighted by atomic mass is 32.1. The third-order valence-electron chi connectivity index (χ3n) is 3.17. The highest BCUT2D eigenvalue weighted by Gasteiger charge is 2.17. The molecule has 0 saturated heterocycles. The van der Waals surface area contributed by atoms with Crippen LogP contribution in [0.2, 0.25) is 0 Å². The van der Waals surface area contributed by atoms with Crippen molar-refractivity contribution in [2.24, 2.45) is 0 Å². The number of hydrogen-bond acceptors (Lipinski definition) is 5. The van der Waals surface area contributed by atoms with Gasteiger partial charge < -0.3 is 10.6 Å². The standard InChI is InChI=1S/C13H16N4S/c1-9-15-13(18-17-9)14-8-11-7-6-10-4-2-3-5-12(10)16-11/h2-5,11,16H,6-8H2,1H3,(H,14,15,17)/t11-/m0/s1. The van der Waals surface area contributed by atoms with E-state index in [1.165, 1.54) is 22.8 Å². The van der Waals surface area contributed by atoms with Crippen LogP contribution >= 0.6 is 11.5 Å². The van der Waals surface area contributed by atoms with Gasteiger partial charge in [0.1, 0.15) is 5.82 Å². The van der Waals surface area contributed by atoms with Gasteiger partial charge >= 0.3 is 0 Å². The Kier molecular flexibility index (Phi) is 3.15. The Morgan fingerprint density at radius 3 is 3.17 bits per heavy atom. The van der Waals surface area contributed by atoms with Crippen molar-refractivity contribution >= 4 is 22.4 Å². The van der Waals surface area contributed by atoms with Gasteiger partial charge in [0.2, 0.25) is 5.13 Å². The van der Waals surface area contributed by atoms with E-state index in [1.807, 2.05) is 6.92 Å². The summed E-state index contributed by atoms with van der Waals surface area (Å²) in [6.07, 6.45) is 2.30. The molecule has 0 spiro atoms. The second kappa shape index (κ2) is 4.94. The van der Waals surface area contributed by atoms with Crippen molar-refractivity contribution in [1.29, 1.82) is 0 Å². The van der Waals surface area contributed by atoms with Crippen molar-refractivity contribution in [2.75, 3.05) is 17.2 Å². The first-order chi connectivity index (χ1) is 8.81. The Labute approximate surface area is 111 Å². The maximum Gasteiger partial charge on any atom is 0.202 e. The fraction of sp³-hybridized carbons (Fsp3) is 0.385. The summed E-state index contributed by atoms with van der Waals surface area (Å²) in [5.41, 5.74) is 2.68. The van der Waals surface area contributed by atoms with Crippen molar-refractivity contribution in [2.45, 2.75) is 25.8 Å². The molecular formula is C13H16N4S. The van der Waals surface area contributed by atoms with Crippen LogP contribution in [0.5, 0.6) is 0 Å². The van der Waals surface area contributed by atoms with E-state index in [1.54, 1.807) is 0 Å². The SMILES string of the molecule is Cc1nsc(NC[C@@H]2CCc3ccccc3N2)n1. The molecular weight excluding hydrogens is 244 g/mol. The van der Waals surface area contributed by atoms with Crippen molar-refractivity contribution in [1.82, 2.24) is 9.36 Å². The molecule has 1 aromatic heterocycles. The van der Waals surface area contributed by atoms with Crippen LogP contribution in [0.1, 0.15) is 17.8 Å². The molecule has 2 aromatic rings. The van der Waals surface area contributed by atoms with Gasteiger partial charge in [0, 0.05) is 29.8 Å². The first-order valence-corrected chi connectivity index (χ1v) is 6.97. The summed E-state index contributed by atoms with van der Waals surface area (Å²) in [5.74, 6) is 0.837. The molecule has 1 aliphatic heterocycles. The van der Waals surface area contributed by atoms with Crippen LogP contribution in [0.15, 0.2) is 24.3 Å². The molecule has 18 heavy (non-hydrogen) atoms. The van der Waals surface area contributed by atoms with Crippen molar-refractivity contribution in [3.63, 3.8) is 0 Å². The minimum atomic E-state index is 0.462. The lowest BCUT2D eigenvalue weighted by atomic mass is 9.98. The third kappa shape index (κ3) is 2.46. The van der Waals surface area contributed by atoms with Crippen molar-refractivity contribution < 1.29 is 0 Å². The second-order valence-corrected chi connectivity index (χ2v) is 5.32. The molecule has 0 saturated carbocycles. The summed E-state index contributed by atoms with van der Waals surface area (Å²) in [6, 6.07) is 8.99. The lowest BCUT2D eigenvalue weighted by Crippen LogP contribution is -2.32. The quantitative estimate of drug-likeness (QED) is 0.891. The molecule has 1 aromatic carbocycles. The van der Waals surface area contributed by atoms with E-state index < -0.39 is 0 Å². The number of benzene rings is 1. The number of aryl methyl sites for hydroxylation is 2. The zero-order valence-corrected chi connectivity index (χ0v) is 11.1. The van der Waals surface area contributed by atoms with Crippen LogP contribution in [0.25, 0.3) is 0 Å². The van der Waals surface area contributed by atoms with Crippen molar-refractivity contribution in [3.05, 3.63) is 35.7 Å². The van der Waals surface area contributed by atoms with E-state index in [4.69, 9.17) is 0 Å². The van der Waals surface area contributed by atoms with Gasteiger partial charge in [-0.15, -0.1) is 0 Å². The molecule has 1 atom stereocenters. The van der Waals surface area contributed by atoms with E-state index >= 15 is 0 Å². The number of hydrogen-bond donors (Lipinski definition) is 2. The Hall–Kier alpha value is -1.62. The average Bonchev–Trinajstić information content (AvgIpc) is 2.82. The van der Waals surface area contributed by atoms with E-state index in [0.29, 0.717) is 6.04 Å². The zero-order valence-electron chi connectivity index (χ0n) is 10.3. The first kappa shape index (κ1) is 11.5. The Bertz CT molecular complexity index is 537. The normalized spacial score (nSPS) is 17.9. The van der Waals surface area contributed by atoms with Crippen LogP contribution in [-0.4, -0.2) is 21.9 Å². The molecule has 4 nitrogen and oxygen atoms in total. The topological polar surface area (TPSA) is 49.8 Å². The predicted molar refractivity (Wildman–Crippen MR) is 75.3 cm³/mol. The summed E-state index contributed by atoms with van der Waals surface area (Å²) >= 11 is 1.42. The number of fused-ring (bicyclic) bond motifs is 1. The van der Waals surface area contributed by atoms with E-state index in [0.717, 1.165) is 30.3 Å². The fourth-order valence-corrected chi connectivity index (χ4v) is 2.81. The first-order valence-electron chi connectivity index (χ1n) is 6.20. The van der Waals surface area contributed by atoms with Gasteiger partial charge in [-0.25, -0.2) is 4.98 Å². The van der Waals surface area contributed by atoms with Crippen LogP contribution in [-0.2, 0) is 6.42 Å². The molecule has 0 unspecified atom stereocenters. The van der Waals surface area contributed by atoms with Gasteiger partial charge in [0.25, 0.3) is 0 Å². The van der Waals surface area contributed by atoms with E-state index in [2.05, 4.69) is 44.3 Å². The monoisotopic (exact) mass is 260 g/mol. The smallest absolute Gasteiger partial charge is 0.202 e. The third-order valence-corrected chi connectivity index (χ3v) is 3.93. The van der Waals surface area contributed by atoms with Gasteiger partial charge in [-0.3, -0.25) is 0 Å². The number of para-hydroxylation sites is 1. The van der Waals surface area contributed by atoms with Gasteiger partial charge in [-0.1, -0.05) is 18.2 Å². The predicted octanol–water partition coefficient (Wildman–Crippen LogP) is 2.69. The Morgan fingerprint density at radius 1 is 1.44 bits per heavy atom. The van der Waals surface area contributed by atoms with Crippen LogP contribution in [0.3, 0.4) is 0 Å². The molecule has 0 bridgehead atoms.